The van der Waals surface area contributed by atoms with E-state index in [4.69, 9.17) is 9.47 Å². The van der Waals surface area contributed by atoms with Crippen LogP contribution < -0.4 is 10.2 Å². The van der Waals surface area contributed by atoms with Crippen LogP contribution in [0.3, 0.4) is 0 Å². The van der Waals surface area contributed by atoms with Gasteiger partial charge < -0.3 is 29.3 Å². The first-order valence-electron chi connectivity index (χ1n) is 11.2. The normalized spacial score (nSPS) is 38.0. The van der Waals surface area contributed by atoms with Gasteiger partial charge in [-0.05, 0) is 82.5 Å². The van der Waals surface area contributed by atoms with Gasteiger partial charge in [0, 0.05) is 17.4 Å². The highest BCUT2D eigenvalue weighted by atomic mass is 16.6. The number of unbranched alkanes of at least 4 members (excludes halogenated alkanes) is 2. The molecule has 6 unspecified atom stereocenters. The molecule has 6 heteroatoms. The van der Waals surface area contributed by atoms with Gasteiger partial charge in [-0.15, -0.1) is 0 Å². The molecule has 2 aliphatic carbocycles. The second kappa shape index (κ2) is 8.31. The zero-order chi connectivity index (χ0) is 19.7. The molecule has 28 heavy (non-hydrogen) atoms. The van der Waals surface area contributed by atoms with Gasteiger partial charge in [-0.2, -0.15) is 0 Å². The summed E-state index contributed by atoms with van der Waals surface area (Å²) >= 11 is 0. The molecular formula is C22H32O6-2. The third-order valence-corrected chi connectivity index (χ3v) is 7.55. The smallest absolute Gasteiger partial charge is 0.0844 e. The zero-order valence-electron chi connectivity index (χ0n) is 16.6. The molecule has 0 aromatic carbocycles. The minimum Gasteiger partial charge on any atom is -0.550 e. The van der Waals surface area contributed by atoms with Crippen molar-refractivity contribution in [1.82, 2.24) is 0 Å². The molecule has 0 N–H and O–H groups in total. The van der Waals surface area contributed by atoms with Crippen LogP contribution >= 0.6 is 0 Å². The van der Waals surface area contributed by atoms with Gasteiger partial charge in [-0.25, -0.2) is 0 Å². The Morgan fingerprint density at radius 1 is 0.786 bits per heavy atom. The van der Waals surface area contributed by atoms with Crippen molar-refractivity contribution in [3.05, 3.63) is 0 Å². The summed E-state index contributed by atoms with van der Waals surface area (Å²) in [7, 11) is 0. The lowest BCUT2D eigenvalue weighted by atomic mass is 9.66. The number of epoxide rings is 2. The summed E-state index contributed by atoms with van der Waals surface area (Å²) in [5.74, 6) is -1.17. The van der Waals surface area contributed by atoms with E-state index in [0.717, 1.165) is 51.4 Å². The summed E-state index contributed by atoms with van der Waals surface area (Å²) in [5.41, 5.74) is -0.805. The summed E-state index contributed by atoms with van der Waals surface area (Å²) in [4.78, 5) is 23.1. The van der Waals surface area contributed by atoms with E-state index in [1.165, 1.54) is 0 Å². The predicted octanol–water partition coefficient (Wildman–Crippen LogP) is 1.34. The predicted molar refractivity (Wildman–Crippen MR) is 96.8 cm³/mol. The fourth-order valence-corrected chi connectivity index (χ4v) is 5.92. The molecule has 4 rings (SSSR count). The third kappa shape index (κ3) is 4.88. The van der Waals surface area contributed by atoms with Crippen LogP contribution in [0.4, 0.5) is 0 Å². The summed E-state index contributed by atoms with van der Waals surface area (Å²) in [6.07, 6.45) is 11.6. The number of carboxylic acids is 2. The fraction of sp³-hybridized carbons (Fsp3) is 0.909. The second-order valence-electron chi connectivity index (χ2n) is 9.69. The number of ether oxygens (including phenoxy) is 2. The molecule has 0 radical (unpaired) electrons. The average Bonchev–Trinajstić information content (AvgIpc) is 3.54. The largest absolute Gasteiger partial charge is 0.550 e. The highest BCUT2D eigenvalue weighted by Crippen LogP contribution is 2.50. The number of carbonyl (C=O) groups excluding carboxylic acids is 2. The first kappa shape index (κ1) is 20.1. The SMILES string of the molecule is O=C([O-])CCCCCC(CC1CCC2OC2C1)(CC1CCC2OC2C1)C(=O)[O-]. The van der Waals surface area contributed by atoms with Gasteiger partial charge in [0.1, 0.15) is 0 Å². The lowest BCUT2D eigenvalue weighted by Crippen LogP contribution is -2.45. The highest BCUT2D eigenvalue weighted by molar-refractivity contribution is 5.72. The minimum absolute atomic E-state index is 0.0460. The summed E-state index contributed by atoms with van der Waals surface area (Å²) in [6.45, 7) is 0. The number of fused-ring (bicyclic) bond motifs is 2. The van der Waals surface area contributed by atoms with Gasteiger partial charge in [-0.3, -0.25) is 0 Å². The lowest BCUT2D eigenvalue weighted by molar-refractivity contribution is -0.322. The second-order valence-corrected chi connectivity index (χ2v) is 9.69. The Balaban J connectivity index is 1.39. The van der Waals surface area contributed by atoms with E-state index in [1.54, 1.807) is 0 Å². The molecule has 0 aromatic rings. The molecule has 2 saturated carbocycles. The van der Waals surface area contributed by atoms with Gasteiger partial charge in [0.25, 0.3) is 0 Å². The van der Waals surface area contributed by atoms with Crippen LogP contribution in [0.15, 0.2) is 0 Å². The van der Waals surface area contributed by atoms with Gasteiger partial charge >= 0.3 is 0 Å². The van der Waals surface area contributed by atoms with Gasteiger partial charge in [0.15, 0.2) is 0 Å². The Morgan fingerprint density at radius 2 is 1.36 bits per heavy atom. The Labute approximate surface area is 167 Å². The van der Waals surface area contributed by atoms with Gasteiger partial charge in [-0.1, -0.05) is 12.8 Å². The van der Waals surface area contributed by atoms with Crippen molar-refractivity contribution in [3.63, 3.8) is 0 Å². The number of carboxylic acid groups (broad SMARTS) is 2. The molecule has 2 aliphatic heterocycles. The Morgan fingerprint density at radius 3 is 1.82 bits per heavy atom. The molecule has 4 aliphatic rings. The molecule has 0 amide bonds. The molecule has 0 bridgehead atoms. The van der Waals surface area contributed by atoms with E-state index in [-0.39, 0.29) is 6.42 Å². The van der Waals surface area contributed by atoms with E-state index >= 15 is 0 Å². The topological polar surface area (TPSA) is 105 Å². The molecule has 6 nitrogen and oxygen atoms in total. The van der Waals surface area contributed by atoms with Crippen molar-refractivity contribution in [2.45, 2.75) is 108 Å². The Kier molecular flexibility index (Phi) is 5.98. The molecule has 158 valence electrons. The molecular weight excluding hydrogens is 360 g/mol. The maximum absolute atomic E-state index is 12.4. The van der Waals surface area contributed by atoms with Crippen molar-refractivity contribution >= 4 is 11.9 Å². The highest BCUT2D eigenvalue weighted by Gasteiger charge is 2.48. The molecule has 4 fully saturated rings. The van der Waals surface area contributed by atoms with Crippen LogP contribution in [-0.2, 0) is 19.1 Å². The quantitative estimate of drug-likeness (QED) is 0.388. The van der Waals surface area contributed by atoms with Crippen molar-refractivity contribution in [2.24, 2.45) is 17.3 Å². The van der Waals surface area contributed by atoms with E-state index in [1.807, 2.05) is 0 Å². The van der Waals surface area contributed by atoms with Crippen molar-refractivity contribution in [3.8, 4) is 0 Å². The number of hydrogen-bond donors (Lipinski definition) is 0. The molecule has 0 aromatic heterocycles. The number of hydrogen-bond acceptors (Lipinski definition) is 6. The van der Waals surface area contributed by atoms with E-state index in [0.29, 0.717) is 61.9 Å². The maximum atomic E-state index is 12.4. The first-order valence-corrected chi connectivity index (χ1v) is 11.2. The zero-order valence-corrected chi connectivity index (χ0v) is 16.6. The lowest BCUT2D eigenvalue weighted by Gasteiger charge is -2.41. The van der Waals surface area contributed by atoms with Crippen molar-refractivity contribution < 1.29 is 29.3 Å². The Hall–Kier alpha value is -1.14. The standard InChI is InChI=1S/C22H34O6/c23-20(24)4-2-1-3-9-22(21(25)26,12-14-5-7-16-18(10-14)27-16)13-15-6-8-17-19(11-15)28-17/h14-19H,1-13H2,(H,23,24)(H,25,26)/p-2. The van der Waals surface area contributed by atoms with Crippen LogP contribution in [-0.4, -0.2) is 36.4 Å². The van der Waals surface area contributed by atoms with Crippen LogP contribution in [0.5, 0.6) is 0 Å². The van der Waals surface area contributed by atoms with Crippen LogP contribution in [0.2, 0.25) is 0 Å². The molecule has 6 atom stereocenters. The fourth-order valence-electron chi connectivity index (χ4n) is 5.92. The monoisotopic (exact) mass is 392 g/mol. The van der Waals surface area contributed by atoms with Crippen LogP contribution in [0.25, 0.3) is 0 Å². The summed E-state index contributed by atoms with van der Waals surface area (Å²) < 4.78 is 11.3. The number of aliphatic carboxylic acids is 2. The Bertz CT molecular complexity index is 560. The molecule has 2 heterocycles. The minimum atomic E-state index is -1.03. The summed E-state index contributed by atoms with van der Waals surface area (Å²) in [5, 5.41) is 23.1. The van der Waals surface area contributed by atoms with Crippen molar-refractivity contribution in [1.29, 1.82) is 0 Å². The summed E-state index contributed by atoms with van der Waals surface area (Å²) in [6, 6.07) is 0. The van der Waals surface area contributed by atoms with E-state index in [2.05, 4.69) is 0 Å². The third-order valence-electron chi connectivity index (χ3n) is 7.55. The molecule has 2 saturated heterocycles. The van der Waals surface area contributed by atoms with Crippen LogP contribution in [0.1, 0.15) is 83.5 Å². The van der Waals surface area contributed by atoms with Gasteiger partial charge in [0.2, 0.25) is 0 Å². The van der Waals surface area contributed by atoms with E-state index < -0.39 is 17.4 Å². The van der Waals surface area contributed by atoms with Crippen LogP contribution in [0, 0.1) is 17.3 Å². The number of carbonyl (C=O) groups is 2. The van der Waals surface area contributed by atoms with Crippen molar-refractivity contribution in [2.75, 3.05) is 0 Å². The van der Waals surface area contributed by atoms with Gasteiger partial charge in [0.05, 0.1) is 24.4 Å². The number of rotatable bonds is 11. The molecule has 0 spiro atoms. The average molecular weight is 392 g/mol. The first-order chi connectivity index (χ1) is 13.4. The van der Waals surface area contributed by atoms with E-state index in [9.17, 15) is 19.8 Å². The maximum Gasteiger partial charge on any atom is 0.0844 e.